The number of aliphatic imine (C=N–C) groups is 1. The minimum atomic E-state index is -4.94. The molecule has 8 nitrogen and oxygen atoms in total. The van der Waals surface area contributed by atoms with E-state index in [1.807, 2.05) is 0 Å². The van der Waals surface area contributed by atoms with Gasteiger partial charge in [-0.15, -0.1) is 0 Å². The average Bonchev–Trinajstić information content (AvgIpc) is 2.12. The van der Waals surface area contributed by atoms with Crippen molar-refractivity contribution in [1.82, 2.24) is 5.32 Å². The lowest BCUT2D eigenvalue weighted by Gasteiger charge is -2.20. The molecule has 0 aromatic heterocycles. The predicted octanol–water partition coefficient (Wildman–Crippen LogP) is -0.988. The number of piperidine rings is 1. The minimum absolute atomic E-state index is 0.392. The van der Waals surface area contributed by atoms with E-state index in [2.05, 4.69) is 10.3 Å². The van der Waals surface area contributed by atoms with Crippen LogP contribution in [-0.2, 0) is 4.57 Å². The van der Waals surface area contributed by atoms with E-state index in [1.165, 1.54) is 0 Å². The molecular weight excluding hydrogens is 258 g/mol. The van der Waals surface area contributed by atoms with E-state index in [1.54, 1.807) is 0 Å². The molecule has 1 unspecified atom stereocenters. The van der Waals surface area contributed by atoms with Crippen LogP contribution in [0.5, 0.6) is 0 Å². The summed E-state index contributed by atoms with van der Waals surface area (Å²) in [5, 5.41) is 1.75. The van der Waals surface area contributed by atoms with Crippen LogP contribution in [0.3, 0.4) is 0 Å². The first kappa shape index (κ1) is 14.2. The van der Waals surface area contributed by atoms with Crippen molar-refractivity contribution in [2.45, 2.75) is 18.9 Å². The van der Waals surface area contributed by atoms with Gasteiger partial charge in [-0.05, 0) is 19.4 Å². The van der Waals surface area contributed by atoms with E-state index in [-0.39, 0.29) is 0 Å². The molecule has 6 N–H and O–H groups in total. The number of rotatable bonds is 3. The van der Waals surface area contributed by atoms with E-state index in [0.717, 1.165) is 13.0 Å². The third-order valence-corrected chi connectivity index (χ3v) is 4.97. The van der Waals surface area contributed by atoms with Crippen LogP contribution in [0.2, 0.25) is 0 Å². The van der Waals surface area contributed by atoms with Crippen molar-refractivity contribution in [2.24, 2.45) is 4.99 Å². The molecule has 1 aliphatic heterocycles. The number of hydrogen-bond acceptors (Lipinski definition) is 6. The molecule has 0 spiro atoms. The fraction of sp³-hybridized carbons (Fsp3) is 0.833. The van der Waals surface area contributed by atoms with E-state index >= 15 is 0 Å². The zero-order valence-corrected chi connectivity index (χ0v) is 10.2. The van der Waals surface area contributed by atoms with Gasteiger partial charge >= 0.3 is 20.7 Å². The number of nitrogens with zero attached hydrogens (tertiary/aromatic N) is 1. The summed E-state index contributed by atoms with van der Waals surface area (Å²) >= 11 is 0. The van der Waals surface area contributed by atoms with Gasteiger partial charge in [0.1, 0.15) is 0 Å². The highest BCUT2D eigenvalue weighted by molar-refractivity contribution is 8.00. The van der Waals surface area contributed by atoms with Crippen molar-refractivity contribution >= 4 is 20.7 Å². The van der Waals surface area contributed by atoms with Crippen molar-refractivity contribution in [1.29, 1.82) is 0 Å². The van der Waals surface area contributed by atoms with Gasteiger partial charge in [-0.2, -0.15) is 14.7 Å². The SMILES string of the molecule is O=P(O)(O)C(=NC1CCCNC1)[P+](O)(O)O. The van der Waals surface area contributed by atoms with Crippen molar-refractivity contribution in [2.75, 3.05) is 13.1 Å². The first-order chi connectivity index (χ1) is 7.21. The highest BCUT2D eigenvalue weighted by Crippen LogP contribution is 2.60. The van der Waals surface area contributed by atoms with Gasteiger partial charge in [-0.1, -0.05) is 0 Å². The maximum atomic E-state index is 10.9. The fourth-order valence-corrected chi connectivity index (χ4v) is 3.46. The summed E-state index contributed by atoms with van der Waals surface area (Å²) in [5.74, 6) is 0. The highest BCUT2D eigenvalue weighted by Gasteiger charge is 2.52. The summed E-state index contributed by atoms with van der Waals surface area (Å²) in [7, 11) is -9.70. The molecule has 16 heavy (non-hydrogen) atoms. The van der Waals surface area contributed by atoms with Gasteiger partial charge in [0, 0.05) is 6.54 Å². The molecule has 0 amide bonds. The maximum absolute atomic E-state index is 10.9. The Morgan fingerprint density at radius 1 is 1.38 bits per heavy atom. The normalized spacial score (nSPS) is 24.6. The molecule has 0 radical (unpaired) electrons. The van der Waals surface area contributed by atoms with Gasteiger partial charge in [0.25, 0.3) is 0 Å². The lowest BCUT2D eigenvalue weighted by atomic mass is 10.1. The fourth-order valence-electron chi connectivity index (χ4n) is 1.43. The molecule has 1 saturated heterocycles. The molecule has 1 aliphatic rings. The topological polar surface area (TPSA) is 143 Å². The summed E-state index contributed by atoms with van der Waals surface area (Å²) in [6, 6.07) is -0.456. The molecule has 0 aromatic rings. The van der Waals surface area contributed by atoms with Gasteiger partial charge in [0.2, 0.25) is 0 Å². The third kappa shape index (κ3) is 4.16. The largest absolute Gasteiger partial charge is 0.469 e. The first-order valence-electron chi connectivity index (χ1n) is 4.64. The molecular formula is C6H15N2O6P2+. The Hall–Kier alpha value is 0.0900. The molecule has 1 heterocycles. The van der Waals surface area contributed by atoms with E-state index in [0.29, 0.717) is 13.0 Å². The minimum Gasteiger partial charge on any atom is -0.317 e. The van der Waals surface area contributed by atoms with Crippen LogP contribution < -0.4 is 5.32 Å². The summed E-state index contributed by atoms with van der Waals surface area (Å²) in [6.45, 7) is 1.18. The second-order valence-electron chi connectivity index (χ2n) is 3.54. The number of hydrogen-bond donors (Lipinski definition) is 6. The maximum Gasteiger partial charge on any atom is 0.469 e. The van der Waals surface area contributed by atoms with Crippen molar-refractivity contribution in [3.05, 3.63) is 0 Å². The van der Waals surface area contributed by atoms with Crippen LogP contribution in [-0.4, -0.2) is 48.8 Å². The average molecular weight is 273 g/mol. The van der Waals surface area contributed by atoms with Gasteiger partial charge in [-0.3, -0.25) is 0 Å². The highest BCUT2D eigenvalue weighted by atomic mass is 31.3. The molecule has 1 fully saturated rings. The summed E-state index contributed by atoms with van der Waals surface area (Å²) in [6.07, 6.45) is 1.35. The first-order valence-corrected chi connectivity index (χ1v) is 7.89. The Morgan fingerprint density at radius 2 is 2.00 bits per heavy atom. The molecule has 94 valence electrons. The zero-order chi connectivity index (χ0) is 12.4. The molecule has 0 bridgehead atoms. The lowest BCUT2D eigenvalue weighted by molar-refractivity contribution is 0.347. The standard InChI is InChI=1S/C6H14N2O6P2/c9-15(10,11)6(16(12,13)14)8-5-2-1-3-7-4-5/h5,7,9-11H,1-4H2,(H-,12,13,14)/p+1. The molecule has 0 aromatic carbocycles. The number of nitrogens with one attached hydrogen (secondary N) is 1. The van der Waals surface area contributed by atoms with E-state index in [9.17, 15) is 4.57 Å². The zero-order valence-electron chi connectivity index (χ0n) is 8.39. The van der Waals surface area contributed by atoms with Crippen LogP contribution >= 0.6 is 15.5 Å². The van der Waals surface area contributed by atoms with Crippen molar-refractivity contribution in [3.8, 4) is 0 Å². The van der Waals surface area contributed by atoms with Crippen LogP contribution in [0.25, 0.3) is 0 Å². The van der Waals surface area contributed by atoms with Crippen LogP contribution in [0.4, 0.5) is 0 Å². The molecule has 1 atom stereocenters. The monoisotopic (exact) mass is 273 g/mol. The Bertz CT molecular complexity index is 315. The Kier molecular flexibility index (Phi) is 4.57. The molecule has 0 aliphatic carbocycles. The lowest BCUT2D eigenvalue weighted by Crippen LogP contribution is -2.33. The second kappa shape index (κ2) is 5.16. The summed E-state index contributed by atoms with van der Waals surface area (Å²) < 4.78 is 10.9. The van der Waals surface area contributed by atoms with Crippen LogP contribution in [0.1, 0.15) is 12.8 Å². The second-order valence-corrected chi connectivity index (χ2v) is 6.97. The van der Waals surface area contributed by atoms with Gasteiger partial charge in [0.05, 0.1) is 6.04 Å². The molecule has 1 rings (SSSR count). The predicted molar refractivity (Wildman–Crippen MR) is 58.9 cm³/mol. The quantitative estimate of drug-likeness (QED) is 0.286. The summed E-state index contributed by atoms with van der Waals surface area (Å²) in [4.78, 5) is 48.0. The Morgan fingerprint density at radius 3 is 2.38 bits per heavy atom. The molecule has 10 heteroatoms. The van der Waals surface area contributed by atoms with E-state index in [4.69, 9.17) is 24.5 Å². The van der Waals surface area contributed by atoms with Gasteiger partial charge in [-0.25, -0.2) is 9.56 Å². The van der Waals surface area contributed by atoms with E-state index < -0.39 is 26.8 Å². The smallest absolute Gasteiger partial charge is 0.317 e. The van der Waals surface area contributed by atoms with Crippen molar-refractivity contribution < 1.29 is 29.0 Å². The van der Waals surface area contributed by atoms with Gasteiger partial charge < -0.3 is 15.1 Å². The summed E-state index contributed by atoms with van der Waals surface area (Å²) in [5.41, 5.74) is 0. The Labute approximate surface area is 92.8 Å². The van der Waals surface area contributed by atoms with Crippen LogP contribution in [0.15, 0.2) is 4.99 Å². The van der Waals surface area contributed by atoms with Gasteiger partial charge in [0.15, 0.2) is 0 Å². The third-order valence-electron chi connectivity index (χ3n) is 2.10. The Balaban J connectivity index is 2.92. The van der Waals surface area contributed by atoms with Crippen molar-refractivity contribution in [3.63, 3.8) is 0 Å². The van der Waals surface area contributed by atoms with Crippen LogP contribution in [0, 0.1) is 0 Å². The molecule has 0 saturated carbocycles.